The van der Waals surface area contributed by atoms with Crippen molar-refractivity contribution < 1.29 is 4.74 Å². The van der Waals surface area contributed by atoms with Crippen molar-refractivity contribution in [1.82, 2.24) is 5.32 Å². The molecular formula is C17H20BrNOS. The smallest absolute Gasteiger partial charge is 0.119 e. The Morgan fingerprint density at radius 3 is 2.62 bits per heavy atom. The molecule has 1 aliphatic carbocycles. The van der Waals surface area contributed by atoms with E-state index in [9.17, 15) is 0 Å². The lowest BCUT2D eigenvalue weighted by Crippen LogP contribution is -2.22. The number of thiophene rings is 1. The molecule has 0 aliphatic heterocycles. The van der Waals surface area contributed by atoms with Crippen LogP contribution < -0.4 is 10.1 Å². The summed E-state index contributed by atoms with van der Waals surface area (Å²) in [5.41, 5.74) is 1.29. The van der Waals surface area contributed by atoms with Crippen LogP contribution in [0.15, 0.2) is 40.2 Å². The highest BCUT2D eigenvalue weighted by atomic mass is 79.9. The Hall–Kier alpha value is -0.840. The topological polar surface area (TPSA) is 21.3 Å². The number of benzene rings is 1. The Morgan fingerprint density at radius 2 is 2.05 bits per heavy atom. The Balaban J connectivity index is 1.79. The van der Waals surface area contributed by atoms with Gasteiger partial charge in [0.2, 0.25) is 0 Å². The lowest BCUT2D eigenvalue weighted by molar-refractivity contribution is 0.303. The highest BCUT2D eigenvalue weighted by Crippen LogP contribution is 2.34. The van der Waals surface area contributed by atoms with Gasteiger partial charge in [-0.1, -0.05) is 19.1 Å². The van der Waals surface area contributed by atoms with E-state index in [1.807, 2.05) is 0 Å². The largest absolute Gasteiger partial charge is 0.490 e. The maximum atomic E-state index is 5.83. The molecule has 0 saturated heterocycles. The summed E-state index contributed by atoms with van der Waals surface area (Å²) in [7, 11) is 0. The molecular weight excluding hydrogens is 346 g/mol. The fourth-order valence-electron chi connectivity index (χ4n) is 2.28. The first-order valence-corrected chi connectivity index (χ1v) is 9.18. The zero-order chi connectivity index (χ0) is 14.7. The average Bonchev–Trinajstić information content (AvgIpc) is 3.21. The van der Waals surface area contributed by atoms with Crippen LogP contribution in [-0.2, 0) is 0 Å². The molecule has 2 aromatic rings. The molecule has 4 heteroatoms. The zero-order valence-electron chi connectivity index (χ0n) is 12.1. The van der Waals surface area contributed by atoms with Crippen LogP contribution in [0.1, 0.15) is 42.7 Å². The predicted octanol–water partition coefficient (Wildman–Crippen LogP) is 5.14. The Kier molecular flexibility index (Phi) is 4.99. The van der Waals surface area contributed by atoms with E-state index in [0.717, 1.165) is 18.7 Å². The van der Waals surface area contributed by atoms with Gasteiger partial charge in [-0.3, -0.25) is 0 Å². The molecule has 112 valence electrons. The van der Waals surface area contributed by atoms with Gasteiger partial charge in [0.15, 0.2) is 0 Å². The van der Waals surface area contributed by atoms with E-state index < -0.39 is 0 Å². The van der Waals surface area contributed by atoms with Crippen LogP contribution in [0.25, 0.3) is 0 Å². The lowest BCUT2D eigenvalue weighted by atomic mass is 10.0. The third-order valence-electron chi connectivity index (χ3n) is 3.55. The number of halogens is 1. The van der Waals surface area contributed by atoms with Gasteiger partial charge in [0.25, 0.3) is 0 Å². The summed E-state index contributed by atoms with van der Waals surface area (Å²) in [4.78, 5) is 1.33. The van der Waals surface area contributed by atoms with Crippen molar-refractivity contribution in [3.63, 3.8) is 0 Å². The molecule has 1 atom stereocenters. The van der Waals surface area contributed by atoms with Crippen LogP contribution in [-0.4, -0.2) is 12.6 Å². The van der Waals surface area contributed by atoms with E-state index in [-0.39, 0.29) is 6.04 Å². The molecule has 1 heterocycles. The van der Waals surface area contributed by atoms with E-state index >= 15 is 0 Å². The second-order valence-electron chi connectivity index (χ2n) is 5.41. The van der Waals surface area contributed by atoms with Crippen molar-refractivity contribution >= 4 is 27.3 Å². The maximum Gasteiger partial charge on any atom is 0.119 e. The van der Waals surface area contributed by atoms with Crippen LogP contribution in [0.5, 0.6) is 5.75 Å². The van der Waals surface area contributed by atoms with Gasteiger partial charge < -0.3 is 10.1 Å². The first kappa shape index (κ1) is 15.1. The quantitative estimate of drug-likeness (QED) is 0.733. The second kappa shape index (κ2) is 6.95. The van der Waals surface area contributed by atoms with Gasteiger partial charge in [-0.2, -0.15) is 0 Å². The van der Waals surface area contributed by atoms with Gasteiger partial charge in [-0.25, -0.2) is 0 Å². The number of hydrogen-bond acceptors (Lipinski definition) is 3. The molecule has 0 amide bonds. The van der Waals surface area contributed by atoms with Gasteiger partial charge in [0.1, 0.15) is 5.75 Å². The first-order valence-electron chi connectivity index (χ1n) is 7.51. The van der Waals surface area contributed by atoms with E-state index in [2.05, 4.69) is 63.9 Å². The maximum absolute atomic E-state index is 5.83. The van der Waals surface area contributed by atoms with Crippen molar-refractivity contribution in [3.05, 3.63) is 50.6 Å². The third-order valence-corrected chi connectivity index (χ3v) is 5.48. The van der Waals surface area contributed by atoms with Crippen molar-refractivity contribution in [1.29, 1.82) is 0 Å². The minimum Gasteiger partial charge on any atom is -0.490 e. The molecule has 2 nitrogen and oxygen atoms in total. The molecule has 0 bridgehead atoms. The van der Waals surface area contributed by atoms with Crippen LogP contribution in [0, 0.1) is 0 Å². The van der Waals surface area contributed by atoms with Crippen molar-refractivity contribution in [2.24, 2.45) is 0 Å². The molecule has 0 spiro atoms. The zero-order valence-corrected chi connectivity index (χ0v) is 14.5. The highest BCUT2D eigenvalue weighted by Gasteiger charge is 2.23. The average molecular weight is 366 g/mol. The number of ether oxygens (including phenoxy) is 1. The van der Waals surface area contributed by atoms with Crippen LogP contribution in [0.4, 0.5) is 0 Å². The molecule has 0 radical (unpaired) electrons. The highest BCUT2D eigenvalue weighted by molar-refractivity contribution is 9.10. The SMILES string of the molecule is CCCNC(c1ccc(OC2CC2)cc1)c1sccc1Br. The van der Waals surface area contributed by atoms with Gasteiger partial charge in [-0.05, 0) is 70.9 Å². The van der Waals surface area contributed by atoms with Crippen molar-refractivity contribution in [2.75, 3.05) is 6.54 Å². The summed E-state index contributed by atoms with van der Waals surface area (Å²) in [5.74, 6) is 0.987. The summed E-state index contributed by atoms with van der Waals surface area (Å²) in [6.07, 6.45) is 3.98. The molecule has 1 fully saturated rings. The summed E-state index contributed by atoms with van der Waals surface area (Å²) in [6.45, 7) is 3.20. The van der Waals surface area contributed by atoms with Crippen molar-refractivity contribution in [3.8, 4) is 5.75 Å². The van der Waals surface area contributed by atoms with Gasteiger partial charge in [0.05, 0.1) is 12.1 Å². The molecule has 1 N–H and O–H groups in total. The minimum absolute atomic E-state index is 0.245. The van der Waals surface area contributed by atoms with Gasteiger partial charge in [-0.15, -0.1) is 11.3 Å². The van der Waals surface area contributed by atoms with Gasteiger partial charge in [0, 0.05) is 9.35 Å². The lowest BCUT2D eigenvalue weighted by Gasteiger charge is -2.19. The van der Waals surface area contributed by atoms with Gasteiger partial charge >= 0.3 is 0 Å². The number of rotatable bonds is 7. The normalized spacial score (nSPS) is 15.9. The molecule has 21 heavy (non-hydrogen) atoms. The monoisotopic (exact) mass is 365 g/mol. The predicted molar refractivity (Wildman–Crippen MR) is 92.2 cm³/mol. The molecule has 1 aliphatic rings. The molecule has 1 unspecified atom stereocenters. The van der Waals surface area contributed by atoms with E-state index in [1.54, 1.807) is 11.3 Å². The summed E-state index contributed by atoms with van der Waals surface area (Å²) in [6, 6.07) is 10.9. The fraction of sp³-hybridized carbons (Fsp3) is 0.412. The van der Waals surface area contributed by atoms with E-state index in [4.69, 9.17) is 4.74 Å². The summed E-state index contributed by atoms with van der Waals surface area (Å²) >= 11 is 5.44. The number of hydrogen-bond donors (Lipinski definition) is 1. The molecule has 1 aromatic carbocycles. The Morgan fingerprint density at radius 1 is 1.29 bits per heavy atom. The van der Waals surface area contributed by atoms with E-state index in [1.165, 1.54) is 27.8 Å². The Bertz CT molecular complexity index is 577. The second-order valence-corrected chi connectivity index (χ2v) is 7.21. The van der Waals surface area contributed by atoms with Crippen LogP contribution in [0.3, 0.4) is 0 Å². The molecule has 3 rings (SSSR count). The van der Waals surface area contributed by atoms with Crippen LogP contribution in [0.2, 0.25) is 0 Å². The van der Waals surface area contributed by atoms with Crippen LogP contribution >= 0.6 is 27.3 Å². The fourth-order valence-corrected chi connectivity index (χ4v) is 3.98. The Labute approximate surface area is 138 Å². The van der Waals surface area contributed by atoms with Crippen molar-refractivity contribution in [2.45, 2.75) is 38.3 Å². The minimum atomic E-state index is 0.245. The molecule has 1 aromatic heterocycles. The standard InChI is InChI=1S/C17H20BrNOS/c1-2-10-19-16(17-15(18)9-11-21-17)12-3-5-13(6-4-12)20-14-7-8-14/h3-6,9,11,14,16,19H,2,7-8,10H2,1H3. The third kappa shape index (κ3) is 3.87. The first-order chi connectivity index (χ1) is 10.3. The summed E-state index contributed by atoms with van der Waals surface area (Å²) < 4.78 is 7.01. The summed E-state index contributed by atoms with van der Waals surface area (Å²) in [5, 5.41) is 5.77. The molecule has 1 saturated carbocycles. The van der Waals surface area contributed by atoms with E-state index in [0.29, 0.717) is 6.10 Å². The number of nitrogens with one attached hydrogen (secondary N) is 1.